The minimum atomic E-state index is 0.851. The Labute approximate surface area is 193 Å². The highest BCUT2D eigenvalue weighted by molar-refractivity contribution is 5.98. The quantitative estimate of drug-likeness (QED) is 0.413. The summed E-state index contributed by atoms with van der Waals surface area (Å²) in [4.78, 5) is 14.3. The zero-order chi connectivity index (χ0) is 22.4. The van der Waals surface area contributed by atoms with E-state index >= 15 is 0 Å². The van der Waals surface area contributed by atoms with Crippen LogP contribution in [0, 0.1) is 6.92 Å². The number of rotatable bonds is 3. The molecule has 0 N–H and O–H groups in total. The molecule has 1 aliphatic heterocycles. The van der Waals surface area contributed by atoms with Gasteiger partial charge in [-0.2, -0.15) is 5.10 Å². The molecule has 0 unspecified atom stereocenters. The summed E-state index contributed by atoms with van der Waals surface area (Å²) in [6.45, 7) is 6.39. The average Bonchev–Trinajstić information content (AvgIpc) is 3.27. The number of benzene rings is 2. The zero-order valence-electron chi connectivity index (χ0n) is 18.9. The fraction of sp³-hybridized carbons (Fsp3) is 0.222. The summed E-state index contributed by atoms with van der Waals surface area (Å²) < 4.78 is 1.88. The van der Waals surface area contributed by atoms with Gasteiger partial charge in [-0.1, -0.05) is 30.3 Å². The molecule has 1 aliphatic rings. The van der Waals surface area contributed by atoms with E-state index in [9.17, 15) is 0 Å². The van der Waals surface area contributed by atoms with Crippen LogP contribution >= 0.6 is 0 Å². The van der Waals surface area contributed by atoms with Gasteiger partial charge in [0.25, 0.3) is 0 Å². The van der Waals surface area contributed by atoms with E-state index < -0.39 is 0 Å². The van der Waals surface area contributed by atoms with Crippen molar-refractivity contribution >= 4 is 22.2 Å². The summed E-state index contributed by atoms with van der Waals surface area (Å²) in [6.07, 6.45) is 5.92. The number of para-hydroxylation sites is 1. The largest absolute Gasteiger partial charge is 0.369 e. The fourth-order valence-electron chi connectivity index (χ4n) is 4.67. The second-order valence-corrected chi connectivity index (χ2v) is 8.83. The number of aromatic nitrogens is 4. The molecule has 0 saturated carbocycles. The molecule has 2 aromatic carbocycles. The van der Waals surface area contributed by atoms with Gasteiger partial charge in [0, 0.05) is 66.5 Å². The molecule has 1 saturated heterocycles. The second-order valence-electron chi connectivity index (χ2n) is 8.83. The summed E-state index contributed by atoms with van der Waals surface area (Å²) in [7, 11) is 2.18. The molecule has 33 heavy (non-hydrogen) atoms. The van der Waals surface area contributed by atoms with Crippen LogP contribution in [0.3, 0.4) is 0 Å². The number of hydrogen-bond acceptors (Lipinski definition) is 5. The Morgan fingerprint density at radius 2 is 1.61 bits per heavy atom. The van der Waals surface area contributed by atoms with Gasteiger partial charge >= 0.3 is 0 Å². The second kappa shape index (κ2) is 7.98. The molecule has 0 aliphatic carbocycles. The number of nitrogens with zero attached hydrogens (tertiary/aromatic N) is 6. The summed E-state index contributed by atoms with van der Waals surface area (Å²) in [6, 6.07) is 19.1. The van der Waals surface area contributed by atoms with Gasteiger partial charge in [-0.3, -0.25) is 4.98 Å². The highest BCUT2D eigenvalue weighted by atomic mass is 15.2. The zero-order valence-corrected chi connectivity index (χ0v) is 18.9. The van der Waals surface area contributed by atoms with Crippen LogP contribution in [-0.4, -0.2) is 57.7 Å². The maximum atomic E-state index is 4.82. The monoisotopic (exact) mass is 434 g/mol. The number of aryl methyl sites for hydroxylation is 1. The first kappa shape index (κ1) is 19.9. The summed E-state index contributed by atoms with van der Waals surface area (Å²) in [5.41, 5.74) is 8.44. The van der Waals surface area contributed by atoms with Crippen LogP contribution in [0.4, 0.5) is 5.69 Å². The predicted octanol–water partition coefficient (Wildman–Crippen LogP) is 4.67. The van der Waals surface area contributed by atoms with Gasteiger partial charge in [0.05, 0.1) is 11.7 Å². The fourth-order valence-corrected chi connectivity index (χ4v) is 4.67. The standard InChI is InChI=1S/C27H26N6/c1-19-15-24(23-5-3-4-6-26(23)30-19)25-17-29-33-18-21(16-28-27(25)33)20-7-9-22(10-8-20)32-13-11-31(2)12-14-32/h3-10,15-18H,11-14H2,1-2H3. The van der Waals surface area contributed by atoms with Crippen molar-refractivity contribution in [1.82, 2.24) is 24.5 Å². The molecule has 4 heterocycles. The van der Waals surface area contributed by atoms with Crippen molar-refractivity contribution in [3.05, 3.63) is 78.9 Å². The van der Waals surface area contributed by atoms with Crippen molar-refractivity contribution in [3.8, 4) is 22.3 Å². The first-order valence-corrected chi connectivity index (χ1v) is 11.4. The van der Waals surface area contributed by atoms with E-state index in [4.69, 9.17) is 4.98 Å². The van der Waals surface area contributed by atoms with E-state index in [1.54, 1.807) is 0 Å². The summed E-state index contributed by atoms with van der Waals surface area (Å²) >= 11 is 0. The van der Waals surface area contributed by atoms with Crippen molar-refractivity contribution in [2.45, 2.75) is 6.92 Å². The third kappa shape index (κ3) is 3.62. The van der Waals surface area contributed by atoms with Crippen molar-refractivity contribution in [1.29, 1.82) is 0 Å². The van der Waals surface area contributed by atoms with Crippen LogP contribution in [0.2, 0.25) is 0 Å². The minimum Gasteiger partial charge on any atom is -0.369 e. The number of hydrogen-bond donors (Lipinski definition) is 0. The molecule has 5 aromatic rings. The summed E-state index contributed by atoms with van der Waals surface area (Å²) in [5.74, 6) is 0. The van der Waals surface area contributed by atoms with Gasteiger partial charge in [-0.25, -0.2) is 9.50 Å². The van der Waals surface area contributed by atoms with Crippen LogP contribution in [-0.2, 0) is 0 Å². The highest BCUT2D eigenvalue weighted by Crippen LogP contribution is 2.32. The van der Waals surface area contributed by atoms with Crippen LogP contribution in [0.5, 0.6) is 0 Å². The maximum absolute atomic E-state index is 4.82. The molecule has 1 fully saturated rings. The Hall–Kier alpha value is -3.77. The number of pyridine rings is 1. The predicted molar refractivity (Wildman–Crippen MR) is 134 cm³/mol. The van der Waals surface area contributed by atoms with Crippen LogP contribution in [0.25, 0.3) is 38.8 Å². The Bertz CT molecular complexity index is 1450. The molecule has 0 atom stereocenters. The maximum Gasteiger partial charge on any atom is 0.162 e. The van der Waals surface area contributed by atoms with E-state index in [-0.39, 0.29) is 0 Å². The lowest BCUT2D eigenvalue weighted by Crippen LogP contribution is -2.44. The first-order valence-electron chi connectivity index (χ1n) is 11.4. The van der Waals surface area contributed by atoms with Crippen LogP contribution < -0.4 is 4.90 Å². The number of piperazine rings is 1. The number of likely N-dealkylation sites (N-methyl/N-ethyl adjacent to an activating group) is 1. The number of anilines is 1. The Balaban J connectivity index is 1.34. The average molecular weight is 435 g/mol. The van der Waals surface area contributed by atoms with Crippen LogP contribution in [0.1, 0.15) is 5.69 Å². The van der Waals surface area contributed by atoms with E-state index in [1.165, 1.54) is 5.69 Å². The van der Waals surface area contributed by atoms with Gasteiger partial charge in [0.15, 0.2) is 5.65 Å². The molecule has 6 heteroatoms. The lowest BCUT2D eigenvalue weighted by molar-refractivity contribution is 0.313. The van der Waals surface area contributed by atoms with E-state index in [0.717, 1.165) is 70.7 Å². The van der Waals surface area contributed by atoms with E-state index in [2.05, 4.69) is 75.6 Å². The topological polar surface area (TPSA) is 49.6 Å². The molecule has 0 spiro atoms. The molecular formula is C27H26N6. The van der Waals surface area contributed by atoms with Crippen molar-refractivity contribution in [3.63, 3.8) is 0 Å². The Morgan fingerprint density at radius 3 is 2.42 bits per heavy atom. The van der Waals surface area contributed by atoms with Crippen molar-refractivity contribution < 1.29 is 0 Å². The number of fused-ring (bicyclic) bond motifs is 2. The molecule has 6 rings (SSSR count). The van der Waals surface area contributed by atoms with Gasteiger partial charge in [-0.05, 0) is 49.4 Å². The molecule has 0 amide bonds. The molecule has 3 aromatic heterocycles. The molecule has 6 nitrogen and oxygen atoms in total. The lowest BCUT2D eigenvalue weighted by atomic mass is 10.0. The minimum absolute atomic E-state index is 0.851. The normalized spacial score (nSPS) is 14.9. The van der Waals surface area contributed by atoms with Gasteiger partial charge in [-0.15, -0.1) is 0 Å². The Morgan fingerprint density at radius 1 is 0.818 bits per heavy atom. The summed E-state index contributed by atoms with van der Waals surface area (Å²) in [5, 5.41) is 5.75. The first-order chi connectivity index (χ1) is 16.2. The van der Waals surface area contributed by atoms with Gasteiger partial charge < -0.3 is 9.80 Å². The molecule has 0 radical (unpaired) electrons. The van der Waals surface area contributed by atoms with E-state index in [0.29, 0.717) is 0 Å². The van der Waals surface area contributed by atoms with E-state index in [1.807, 2.05) is 36.0 Å². The lowest BCUT2D eigenvalue weighted by Gasteiger charge is -2.34. The van der Waals surface area contributed by atoms with Gasteiger partial charge in [0.1, 0.15) is 0 Å². The third-order valence-corrected chi connectivity index (χ3v) is 6.56. The molecular weight excluding hydrogens is 408 g/mol. The smallest absolute Gasteiger partial charge is 0.162 e. The molecule has 164 valence electrons. The van der Waals surface area contributed by atoms with Gasteiger partial charge in [0.2, 0.25) is 0 Å². The SMILES string of the molecule is Cc1cc(-c2cnn3cc(-c4ccc(N5CCN(C)CC5)cc4)cnc23)c2ccccc2n1. The van der Waals surface area contributed by atoms with Crippen LogP contribution in [0.15, 0.2) is 73.2 Å². The van der Waals surface area contributed by atoms with Crippen molar-refractivity contribution in [2.75, 3.05) is 38.1 Å². The third-order valence-electron chi connectivity index (χ3n) is 6.56. The van der Waals surface area contributed by atoms with Crippen molar-refractivity contribution in [2.24, 2.45) is 0 Å². The molecule has 0 bridgehead atoms. The highest BCUT2D eigenvalue weighted by Gasteiger charge is 2.15. The Kier molecular flexibility index (Phi) is 4.80.